The van der Waals surface area contributed by atoms with Crippen LogP contribution in [0, 0.1) is 0 Å². The van der Waals surface area contributed by atoms with Crippen LogP contribution >= 0.6 is 0 Å². The number of hydrogen-bond acceptors (Lipinski definition) is 1. The number of aryl methyl sites for hydroxylation is 1. The SMILES string of the molecule is CCc1cccc(C2(NC)CC2)c1. The van der Waals surface area contributed by atoms with Crippen LogP contribution in [0.5, 0.6) is 0 Å². The van der Waals surface area contributed by atoms with Gasteiger partial charge < -0.3 is 5.32 Å². The molecule has 0 atom stereocenters. The van der Waals surface area contributed by atoms with Gasteiger partial charge in [-0.25, -0.2) is 0 Å². The van der Waals surface area contributed by atoms with Crippen LogP contribution in [-0.2, 0) is 12.0 Å². The fourth-order valence-corrected chi connectivity index (χ4v) is 1.90. The minimum absolute atomic E-state index is 0.325. The average molecular weight is 175 g/mol. The van der Waals surface area contributed by atoms with E-state index < -0.39 is 0 Å². The second-order valence-electron chi connectivity index (χ2n) is 3.89. The molecule has 0 aliphatic heterocycles. The van der Waals surface area contributed by atoms with Gasteiger partial charge >= 0.3 is 0 Å². The molecule has 1 N–H and O–H groups in total. The van der Waals surface area contributed by atoms with E-state index in [0.29, 0.717) is 5.54 Å². The topological polar surface area (TPSA) is 12.0 Å². The lowest BCUT2D eigenvalue weighted by atomic mass is 10.0. The van der Waals surface area contributed by atoms with Crippen molar-refractivity contribution in [2.75, 3.05) is 7.05 Å². The van der Waals surface area contributed by atoms with Gasteiger partial charge in [0, 0.05) is 5.54 Å². The third-order valence-electron chi connectivity index (χ3n) is 3.12. The van der Waals surface area contributed by atoms with Gasteiger partial charge in [-0.05, 0) is 37.4 Å². The van der Waals surface area contributed by atoms with Crippen LogP contribution < -0.4 is 5.32 Å². The van der Waals surface area contributed by atoms with E-state index in [1.807, 2.05) is 0 Å². The van der Waals surface area contributed by atoms with Crippen LogP contribution in [0.15, 0.2) is 24.3 Å². The Bertz CT molecular complexity index is 300. The molecule has 1 aliphatic rings. The number of rotatable bonds is 3. The van der Waals surface area contributed by atoms with Gasteiger partial charge in [-0.3, -0.25) is 0 Å². The maximum Gasteiger partial charge on any atom is 0.0433 e. The summed E-state index contributed by atoms with van der Waals surface area (Å²) in [4.78, 5) is 0. The maximum atomic E-state index is 3.42. The van der Waals surface area contributed by atoms with Crippen LogP contribution in [0.3, 0.4) is 0 Å². The highest BCUT2D eigenvalue weighted by Gasteiger charge is 2.42. The van der Waals surface area contributed by atoms with Gasteiger partial charge in [0.15, 0.2) is 0 Å². The Morgan fingerprint density at radius 1 is 1.38 bits per heavy atom. The Morgan fingerprint density at radius 3 is 2.69 bits per heavy atom. The zero-order valence-electron chi connectivity index (χ0n) is 8.43. The lowest BCUT2D eigenvalue weighted by Gasteiger charge is -2.15. The van der Waals surface area contributed by atoms with Crippen molar-refractivity contribution < 1.29 is 0 Å². The van der Waals surface area contributed by atoms with E-state index in [4.69, 9.17) is 0 Å². The maximum absolute atomic E-state index is 3.42. The first-order valence-electron chi connectivity index (χ1n) is 5.09. The van der Waals surface area contributed by atoms with Crippen molar-refractivity contribution >= 4 is 0 Å². The van der Waals surface area contributed by atoms with Crippen molar-refractivity contribution in [1.82, 2.24) is 5.32 Å². The fraction of sp³-hybridized carbons (Fsp3) is 0.500. The minimum atomic E-state index is 0.325. The highest BCUT2D eigenvalue weighted by Crippen LogP contribution is 2.45. The van der Waals surface area contributed by atoms with Gasteiger partial charge in [0.2, 0.25) is 0 Å². The van der Waals surface area contributed by atoms with Gasteiger partial charge in [-0.1, -0.05) is 31.2 Å². The summed E-state index contributed by atoms with van der Waals surface area (Å²) in [6, 6.07) is 8.95. The van der Waals surface area contributed by atoms with Crippen molar-refractivity contribution in [3.8, 4) is 0 Å². The first-order valence-corrected chi connectivity index (χ1v) is 5.09. The molecule has 1 saturated carbocycles. The van der Waals surface area contributed by atoms with Crippen molar-refractivity contribution in [2.24, 2.45) is 0 Å². The lowest BCUT2D eigenvalue weighted by Crippen LogP contribution is -2.24. The van der Waals surface area contributed by atoms with Crippen molar-refractivity contribution in [1.29, 1.82) is 0 Å². The third-order valence-corrected chi connectivity index (χ3v) is 3.12. The molecule has 0 aromatic heterocycles. The van der Waals surface area contributed by atoms with E-state index in [-0.39, 0.29) is 0 Å². The molecule has 1 aromatic carbocycles. The highest BCUT2D eigenvalue weighted by molar-refractivity contribution is 5.33. The predicted molar refractivity (Wildman–Crippen MR) is 55.8 cm³/mol. The highest BCUT2D eigenvalue weighted by atomic mass is 15.0. The number of nitrogens with one attached hydrogen (secondary N) is 1. The van der Waals surface area contributed by atoms with E-state index in [2.05, 4.69) is 43.6 Å². The third kappa shape index (κ3) is 1.49. The molecule has 0 heterocycles. The molecule has 0 radical (unpaired) electrons. The molecule has 13 heavy (non-hydrogen) atoms. The zero-order chi connectivity index (χ0) is 9.31. The first kappa shape index (κ1) is 8.76. The largest absolute Gasteiger partial charge is 0.310 e. The smallest absolute Gasteiger partial charge is 0.0433 e. The number of hydrogen-bond donors (Lipinski definition) is 1. The molecule has 0 bridgehead atoms. The summed E-state index contributed by atoms with van der Waals surface area (Å²) in [6.07, 6.45) is 3.71. The van der Waals surface area contributed by atoms with Gasteiger partial charge in [-0.2, -0.15) is 0 Å². The molecule has 0 unspecified atom stereocenters. The quantitative estimate of drug-likeness (QED) is 0.744. The molecule has 0 amide bonds. The minimum Gasteiger partial charge on any atom is -0.310 e. The normalized spacial score (nSPS) is 18.6. The molecule has 1 fully saturated rings. The van der Waals surface area contributed by atoms with Gasteiger partial charge in [0.05, 0.1) is 0 Å². The molecular formula is C12H17N. The summed E-state index contributed by atoms with van der Waals surface area (Å²) in [5.41, 5.74) is 3.24. The van der Waals surface area contributed by atoms with Crippen molar-refractivity contribution in [3.05, 3.63) is 35.4 Å². The van der Waals surface area contributed by atoms with Crippen molar-refractivity contribution in [2.45, 2.75) is 31.7 Å². The summed E-state index contributed by atoms with van der Waals surface area (Å²) in [5, 5.41) is 3.42. The average Bonchev–Trinajstić information content (AvgIpc) is 2.99. The Balaban J connectivity index is 2.30. The van der Waals surface area contributed by atoms with E-state index in [1.54, 1.807) is 0 Å². The molecule has 1 aromatic rings. The molecule has 1 aliphatic carbocycles. The molecule has 1 nitrogen and oxygen atoms in total. The fourth-order valence-electron chi connectivity index (χ4n) is 1.90. The summed E-state index contributed by atoms with van der Waals surface area (Å²) >= 11 is 0. The predicted octanol–water partition coefficient (Wildman–Crippen LogP) is 2.46. The molecular weight excluding hydrogens is 158 g/mol. The molecule has 1 heteroatoms. The van der Waals surface area contributed by atoms with Crippen LogP contribution in [0.4, 0.5) is 0 Å². The molecule has 2 rings (SSSR count). The Hall–Kier alpha value is -0.820. The summed E-state index contributed by atoms with van der Waals surface area (Å²) in [5.74, 6) is 0. The van der Waals surface area contributed by atoms with Crippen LogP contribution in [0.25, 0.3) is 0 Å². The van der Waals surface area contributed by atoms with Crippen molar-refractivity contribution in [3.63, 3.8) is 0 Å². The molecule has 0 spiro atoms. The van der Waals surface area contributed by atoms with Crippen LogP contribution in [0.1, 0.15) is 30.9 Å². The van der Waals surface area contributed by atoms with Gasteiger partial charge in [-0.15, -0.1) is 0 Å². The summed E-state index contributed by atoms with van der Waals surface area (Å²) in [7, 11) is 2.06. The zero-order valence-corrected chi connectivity index (χ0v) is 8.43. The van der Waals surface area contributed by atoms with Gasteiger partial charge in [0.1, 0.15) is 0 Å². The molecule has 0 saturated heterocycles. The first-order chi connectivity index (χ1) is 6.30. The Labute approximate surface area is 80.2 Å². The van der Waals surface area contributed by atoms with E-state index in [0.717, 1.165) is 6.42 Å². The number of benzene rings is 1. The Kier molecular flexibility index (Phi) is 2.12. The Morgan fingerprint density at radius 2 is 2.15 bits per heavy atom. The van der Waals surface area contributed by atoms with Crippen LogP contribution in [0.2, 0.25) is 0 Å². The lowest BCUT2D eigenvalue weighted by molar-refractivity contribution is 0.585. The van der Waals surface area contributed by atoms with E-state index in [1.165, 1.54) is 24.0 Å². The van der Waals surface area contributed by atoms with E-state index in [9.17, 15) is 0 Å². The molecule has 70 valence electrons. The van der Waals surface area contributed by atoms with Gasteiger partial charge in [0.25, 0.3) is 0 Å². The monoisotopic (exact) mass is 175 g/mol. The standard InChI is InChI=1S/C12H17N/c1-3-10-5-4-6-11(9-10)12(13-2)7-8-12/h4-6,9,13H,3,7-8H2,1-2H3. The second-order valence-corrected chi connectivity index (χ2v) is 3.89. The summed E-state index contributed by atoms with van der Waals surface area (Å²) < 4.78 is 0. The van der Waals surface area contributed by atoms with E-state index >= 15 is 0 Å². The van der Waals surface area contributed by atoms with Crippen LogP contribution in [-0.4, -0.2) is 7.05 Å². The second kappa shape index (κ2) is 3.15. The summed E-state index contributed by atoms with van der Waals surface area (Å²) in [6.45, 7) is 2.21.